The maximum atomic E-state index is 12.2. The summed E-state index contributed by atoms with van der Waals surface area (Å²) in [5, 5.41) is 10.1. The first-order valence-corrected chi connectivity index (χ1v) is 8.40. The van der Waals surface area contributed by atoms with E-state index in [1.165, 1.54) is 0 Å². The van der Waals surface area contributed by atoms with Gasteiger partial charge in [0.2, 0.25) is 6.79 Å². The number of urea groups is 1. The van der Waals surface area contributed by atoms with Crippen molar-refractivity contribution in [1.29, 1.82) is 0 Å². The van der Waals surface area contributed by atoms with E-state index in [1.54, 1.807) is 4.90 Å². The molecule has 2 atom stereocenters. The average Bonchev–Trinajstić information content (AvgIpc) is 3.30. The molecule has 2 unspecified atom stereocenters. The highest BCUT2D eigenvalue weighted by Gasteiger charge is 2.47. The van der Waals surface area contributed by atoms with Gasteiger partial charge in [-0.05, 0) is 30.5 Å². The van der Waals surface area contributed by atoms with Crippen molar-refractivity contribution in [3.05, 3.63) is 23.8 Å². The Kier molecular flexibility index (Phi) is 4.22. The van der Waals surface area contributed by atoms with Crippen molar-refractivity contribution in [2.45, 2.75) is 31.6 Å². The Morgan fingerprint density at radius 1 is 1.28 bits per heavy atom. The summed E-state index contributed by atoms with van der Waals surface area (Å²) in [6, 6.07) is 4.86. The summed E-state index contributed by atoms with van der Waals surface area (Å²) in [7, 11) is 0. The molecule has 3 heterocycles. The minimum absolute atomic E-state index is 0.0359. The van der Waals surface area contributed by atoms with Crippen LogP contribution in [-0.2, 0) is 16.1 Å². The van der Waals surface area contributed by atoms with Gasteiger partial charge in [-0.3, -0.25) is 9.69 Å². The number of carbonyl (C=O) groups is 2. The molecule has 0 radical (unpaired) electrons. The number of β-amino-alcohol motifs (C(OH)–C–C–N with tert-alkyl or cyclic N) is 1. The van der Waals surface area contributed by atoms with Gasteiger partial charge in [-0.25, -0.2) is 4.79 Å². The Morgan fingerprint density at radius 2 is 2.12 bits per heavy atom. The molecule has 25 heavy (non-hydrogen) atoms. The number of carbonyl (C=O) groups excluding carboxylic acids is 2. The molecule has 0 aromatic heterocycles. The van der Waals surface area contributed by atoms with Crippen LogP contribution in [0.15, 0.2) is 18.2 Å². The van der Waals surface area contributed by atoms with Crippen LogP contribution in [0.1, 0.15) is 18.4 Å². The lowest BCUT2D eigenvalue weighted by Gasteiger charge is -2.19. The molecule has 3 aliphatic rings. The van der Waals surface area contributed by atoms with Gasteiger partial charge in [0.15, 0.2) is 11.5 Å². The number of hydrogen-bond acceptors (Lipinski definition) is 6. The molecule has 0 saturated carbocycles. The predicted molar refractivity (Wildman–Crippen MR) is 85.1 cm³/mol. The predicted octanol–water partition coefficient (Wildman–Crippen LogP) is 0.719. The highest BCUT2D eigenvalue weighted by Crippen LogP contribution is 2.32. The van der Waals surface area contributed by atoms with E-state index < -0.39 is 6.10 Å². The molecule has 1 aromatic rings. The number of aliphatic hydroxyl groups excluding tert-OH is 1. The third-order valence-electron chi connectivity index (χ3n) is 4.69. The Balaban J connectivity index is 1.26. The molecule has 1 N–H and O–H groups in total. The van der Waals surface area contributed by atoms with Crippen molar-refractivity contribution in [3.63, 3.8) is 0 Å². The second-order valence-electron chi connectivity index (χ2n) is 6.44. The molecule has 3 aliphatic heterocycles. The SMILES string of the molecule is O=C1C2CCCN2C(=O)N1CC(O)COCc1ccc2c(c1)OCO2. The van der Waals surface area contributed by atoms with E-state index in [0.29, 0.717) is 31.1 Å². The number of hydrogen-bond donors (Lipinski definition) is 1. The zero-order valence-corrected chi connectivity index (χ0v) is 13.7. The lowest BCUT2D eigenvalue weighted by atomic mass is 10.2. The fourth-order valence-corrected chi connectivity index (χ4v) is 3.46. The van der Waals surface area contributed by atoms with Gasteiger partial charge >= 0.3 is 6.03 Å². The number of amides is 3. The average molecular weight is 348 g/mol. The summed E-state index contributed by atoms with van der Waals surface area (Å²) in [4.78, 5) is 27.1. The minimum Gasteiger partial charge on any atom is -0.454 e. The van der Waals surface area contributed by atoms with Crippen LogP contribution < -0.4 is 9.47 Å². The number of imide groups is 1. The van der Waals surface area contributed by atoms with Gasteiger partial charge in [0.25, 0.3) is 5.91 Å². The molecule has 8 nitrogen and oxygen atoms in total. The third-order valence-corrected chi connectivity index (χ3v) is 4.69. The van der Waals surface area contributed by atoms with Crippen LogP contribution in [0.4, 0.5) is 4.79 Å². The lowest BCUT2D eigenvalue weighted by molar-refractivity contribution is -0.129. The van der Waals surface area contributed by atoms with Gasteiger partial charge in [0.05, 0.1) is 25.9 Å². The maximum Gasteiger partial charge on any atom is 0.327 e. The topological polar surface area (TPSA) is 88.5 Å². The summed E-state index contributed by atoms with van der Waals surface area (Å²) in [5.74, 6) is 1.17. The van der Waals surface area contributed by atoms with Crippen molar-refractivity contribution < 1.29 is 28.9 Å². The van der Waals surface area contributed by atoms with E-state index in [0.717, 1.165) is 16.9 Å². The number of rotatable bonds is 6. The van der Waals surface area contributed by atoms with Crippen LogP contribution in [0, 0.1) is 0 Å². The number of aliphatic hydroxyl groups is 1. The van der Waals surface area contributed by atoms with Crippen molar-refractivity contribution in [2.75, 3.05) is 26.5 Å². The fraction of sp³-hybridized carbons (Fsp3) is 0.529. The molecular weight excluding hydrogens is 328 g/mol. The number of ether oxygens (including phenoxy) is 3. The summed E-state index contributed by atoms with van der Waals surface area (Å²) in [5.41, 5.74) is 0.894. The maximum absolute atomic E-state index is 12.2. The zero-order chi connectivity index (χ0) is 17.4. The van der Waals surface area contributed by atoms with Crippen molar-refractivity contribution in [3.8, 4) is 11.5 Å². The highest BCUT2D eigenvalue weighted by atomic mass is 16.7. The van der Waals surface area contributed by atoms with Crippen molar-refractivity contribution >= 4 is 11.9 Å². The first-order chi connectivity index (χ1) is 12.1. The van der Waals surface area contributed by atoms with E-state index in [4.69, 9.17) is 14.2 Å². The first-order valence-electron chi connectivity index (χ1n) is 8.40. The number of benzene rings is 1. The van der Waals surface area contributed by atoms with Crippen LogP contribution in [0.5, 0.6) is 11.5 Å². The first kappa shape index (κ1) is 16.2. The molecule has 0 bridgehead atoms. The van der Waals surface area contributed by atoms with E-state index in [9.17, 15) is 14.7 Å². The van der Waals surface area contributed by atoms with Crippen LogP contribution in [0.3, 0.4) is 0 Å². The Labute approximate surface area is 144 Å². The van der Waals surface area contributed by atoms with Gasteiger partial charge in [-0.15, -0.1) is 0 Å². The third kappa shape index (κ3) is 3.03. The Bertz CT molecular complexity index is 672. The smallest absolute Gasteiger partial charge is 0.327 e. The molecule has 0 spiro atoms. The van der Waals surface area contributed by atoms with Gasteiger partial charge in [-0.1, -0.05) is 6.07 Å². The van der Waals surface area contributed by atoms with E-state index >= 15 is 0 Å². The van der Waals surface area contributed by atoms with Gasteiger partial charge in [0, 0.05) is 6.54 Å². The van der Waals surface area contributed by atoms with Crippen LogP contribution in [0.2, 0.25) is 0 Å². The standard InChI is InChI=1S/C17H20N2O6/c20-12(7-19-16(21)13-2-1-5-18(13)17(19)22)9-23-8-11-3-4-14-15(6-11)25-10-24-14/h3-4,6,12-13,20H,1-2,5,7-10H2. The Morgan fingerprint density at radius 3 is 2.96 bits per heavy atom. The minimum atomic E-state index is -0.915. The molecule has 2 saturated heterocycles. The summed E-state index contributed by atoms with van der Waals surface area (Å²) in [6.07, 6.45) is 0.650. The molecular formula is C17H20N2O6. The fourth-order valence-electron chi connectivity index (χ4n) is 3.46. The molecule has 3 amide bonds. The molecule has 8 heteroatoms. The Hall–Kier alpha value is -2.32. The number of fused-ring (bicyclic) bond motifs is 2. The van der Waals surface area contributed by atoms with E-state index in [1.807, 2.05) is 18.2 Å². The molecule has 4 rings (SSSR count). The summed E-state index contributed by atoms with van der Waals surface area (Å²) < 4.78 is 16.1. The second-order valence-corrected chi connectivity index (χ2v) is 6.44. The normalized spacial score (nSPS) is 22.7. The van der Waals surface area contributed by atoms with Crippen LogP contribution in [-0.4, -0.2) is 65.5 Å². The zero-order valence-electron chi connectivity index (χ0n) is 13.7. The molecule has 0 aliphatic carbocycles. The second kappa shape index (κ2) is 6.53. The lowest BCUT2D eigenvalue weighted by Crippen LogP contribution is -2.40. The highest BCUT2D eigenvalue weighted by molar-refractivity contribution is 6.04. The van der Waals surface area contributed by atoms with Gasteiger partial charge < -0.3 is 24.2 Å². The van der Waals surface area contributed by atoms with Crippen molar-refractivity contribution in [1.82, 2.24) is 9.80 Å². The largest absolute Gasteiger partial charge is 0.454 e. The number of nitrogens with zero attached hydrogens (tertiary/aromatic N) is 2. The van der Waals surface area contributed by atoms with Gasteiger partial charge in [-0.2, -0.15) is 0 Å². The monoisotopic (exact) mass is 348 g/mol. The quantitative estimate of drug-likeness (QED) is 0.762. The van der Waals surface area contributed by atoms with E-state index in [-0.39, 0.29) is 37.9 Å². The molecule has 1 aromatic carbocycles. The summed E-state index contributed by atoms with van der Waals surface area (Å²) >= 11 is 0. The van der Waals surface area contributed by atoms with Crippen molar-refractivity contribution in [2.24, 2.45) is 0 Å². The molecule has 2 fully saturated rings. The van der Waals surface area contributed by atoms with E-state index in [2.05, 4.69) is 0 Å². The van der Waals surface area contributed by atoms with Crippen LogP contribution in [0.25, 0.3) is 0 Å². The van der Waals surface area contributed by atoms with Gasteiger partial charge in [0.1, 0.15) is 6.04 Å². The molecule has 134 valence electrons. The van der Waals surface area contributed by atoms with Crippen LogP contribution >= 0.6 is 0 Å². The summed E-state index contributed by atoms with van der Waals surface area (Å²) in [6.45, 7) is 1.13.